The van der Waals surface area contributed by atoms with Gasteiger partial charge >= 0.3 is 0 Å². The van der Waals surface area contributed by atoms with Crippen LogP contribution < -0.4 is 5.32 Å². The number of hydrogen-bond donors (Lipinski definition) is 1. The lowest BCUT2D eigenvalue weighted by molar-refractivity contribution is -0.129. The summed E-state index contributed by atoms with van der Waals surface area (Å²) in [7, 11) is 0. The van der Waals surface area contributed by atoms with Gasteiger partial charge in [-0.25, -0.2) is 0 Å². The summed E-state index contributed by atoms with van der Waals surface area (Å²) in [6, 6.07) is 4.13. The monoisotopic (exact) mass is 367 g/mol. The maximum atomic E-state index is 12.4. The van der Waals surface area contributed by atoms with Crippen molar-refractivity contribution in [3.05, 3.63) is 20.8 Å². The number of carbonyl (C=O) groups excluding carboxylic acids is 1. The second-order valence-electron chi connectivity index (χ2n) is 7.58. The van der Waals surface area contributed by atoms with Crippen LogP contribution in [0.25, 0.3) is 0 Å². The summed E-state index contributed by atoms with van der Waals surface area (Å²) < 4.78 is 1.13. The van der Waals surface area contributed by atoms with Gasteiger partial charge in [-0.15, -0.1) is 11.3 Å². The highest BCUT2D eigenvalue weighted by atomic mass is 79.9. The van der Waals surface area contributed by atoms with Gasteiger partial charge in [0.2, 0.25) is 5.91 Å². The molecule has 2 nitrogen and oxygen atoms in total. The van der Waals surface area contributed by atoms with Crippen LogP contribution in [0.2, 0.25) is 0 Å². The Kier molecular flexibility index (Phi) is 3.65. The minimum Gasteiger partial charge on any atom is -0.351 e. The Labute approximate surface area is 138 Å². The molecular weight excluding hydrogens is 346 g/mol. The summed E-state index contributed by atoms with van der Waals surface area (Å²) >= 11 is 5.17. The van der Waals surface area contributed by atoms with Gasteiger partial charge in [-0.2, -0.15) is 0 Å². The van der Waals surface area contributed by atoms with Crippen LogP contribution in [0.3, 0.4) is 0 Å². The normalized spacial score (nSPS) is 36.9. The van der Waals surface area contributed by atoms with Crippen molar-refractivity contribution < 1.29 is 4.79 Å². The first-order chi connectivity index (χ1) is 10.1. The molecule has 0 radical (unpaired) electrons. The standard InChI is InChI=1S/C17H22BrNOS/c18-15-2-1-14(21-15)10-19-16(20)9-17-6-11-3-12(7-17)5-13(4-11)8-17/h1-2,11-13H,3-10H2,(H,19,20). The van der Waals surface area contributed by atoms with E-state index in [1.807, 2.05) is 6.07 Å². The Morgan fingerprint density at radius 2 is 1.81 bits per heavy atom. The number of thiophene rings is 1. The van der Waals surface area contributed by atoms with Crippen molar-refractivity contribution in [2.45, 2.75) is 51.5 Å². The number of amides is 1. The van der Waals surface area contributed by atoms with Crippen molar-refractivity contribution >= 4 is 33.2 Å². The maximum absolute atomic E-state index is 12.4. The molecule has 4 saturated carbocycles. The summed E-state index contributed by atoms with van der Waals surface area (Å²) in [6.45, 7) is 0.682. The van der Waals surface area contributed by atoms with Gasteiger partial charge < -0.3 is 5.32 Å². The second kappa shape index (κ2) is 5.38. The molecule has 4 bridgehead atoms. The Morgan fingerprint density at radius 1 is 1.19 bits per heavy atom. The van der Waals surface area contributed by atoms with Crippen LogP contribution in [-0.4, -0.2) is 5.91 Å². The van der Waals surface area contributed by atoms with E-state index >= 15 is 0 Å². The first kappa shape index (κ1) is 14.3. The molecule has 21 heavy (non-hydrogen) atoms. The topological polar surface area (TPSA) is 29.1 Å². The largest absolute Gasteiger partial charge is 0.351 e. The zero-order valence-electron chi connectivity index (χ0n) is 12.2. The van der Waals surface area contributed by atoms with Crippen molar-refractivity contribution in [3.8, 4) is 0 Å². The number of rotatable bonds is 4. The van der Waals surface area contributed by atoms with Crippen LogP contribution in [0.1, 0.15) is 49.8 Å². The Balaban J connectivity index is 1.36. The zero-order chi connectivity index (χ0) is 14.4. The third kappa shape index (κ3) is 2.94. The highest BCUT2D eigenvalue weighted by Crippen LogP contribution is 2.61. The lowest BCUT2D eigenvalue weighted by atomic mass is 9.49. The third-order valence-electron chi connectivity index (χ3n) is 5.79. The molecule has 4 fully saturated rings. The van der Waals surface area contributed by atoms with Crippen LogP contribution in [0.4, 0.5) is 0 Å². The molecule has 4 aliphatic carbocycles. The van der Waals surface area contributed by atoms with Gasteiger partial charge in [-0.3, -0.25) is 4.79 Å². The second-order valence-corrected chi connectivity index (χ2v) is 10.1. The summed E-state index contributed by atoms with van der Waals surface area (Å²) in [6.07, 6.45) is 9.06. The summed E-state index contributed by atoms with van der Waals surface area (Å²) in [5.74, 6) is 3.05. The van der Waals surface area contributed by atoms with Crippen LogP contribution >= 0.6 is 27.3 Å². The number of carbonyl (C=O) groups is 1. The minimum atomic E-state index is 0.265. The van der Waals surface area contributed by atoms with Crippen molar-refractivity contribution in [2.75, 3.05) is 0 Å². The summed E-state index contributed by atoms with van der Waals surface area (Å²) in [5, 5.41) is 3.14. The highest BCUT2D eigenvalue weighted by Gasteiger charge is 2.51. The SMILES string of the molecule is O=C(CC12CC3CC(CC(C3)C1)C2)NCc1ccc(Br)s1. The van der Waals surface area contributed by atoms with Gasteiger partial charge in [-0.05, 0) is 89.8 Å². The molecule has 4 heteroatoms. The molecule has 0 atom stereocenters. The molecule has 1 heterocycles. The van der Waals surface area contributed by atoms with Crippen molar-refractivity contribution in [1.29, 1.82) is 0 Å². The summed E-state index contributed by atoms with van der Waals surface area (Å²) in [5.41, 5.74) is 0.356. The Bertz CT molecular complexity index is 517. The van der Waals surface area contributed by atoms with Gasteiger partial charge in [0.05, 0.1) is 10.3 Å². The van der Waals surface area contributed by atoms with E-state index in [0.29, 0.717) is 12.0 Å². The fraction of sp³-hybridized carbons (Fsp3) is 0.706. The average molecular weight is 368 g/mol. The molecule has 1 aromatic heterocycles. The van der Waals surface area contributed by atoms with E-state index in [-0.39, 0.29) is 5.91 Å². The predicted molar refractivity (Wildman–Crippen MR) is 89.1 cm³/mol. The smallest absolute Gasteiger partial charge is 0.220 e. The summed E-state index contributed by atoms with van der Waals surface area (Å²) in [4.78, 5) is 13.6. The van der Waals surface area contributed by atoms with Gasteiger partial charge in [0.15, 0.2) is 0 Å². The molecule has 0 unspecified atom stereocenters. The van der Waals surface area contributed by atoms with Crippen molar-refractivity contribution in [1.82, 2.24) is 5.32 Å². The van der Waals surface area contributed by atoms with Gasteiger partial charge in [0.1, 0.15) is 0 Å². The molecule has 5 rings (SSSR count). The van der Waals surface area contributed by atoms with E-state index in [1.54, 1.807) is 11.3 Å². The quantitative estimate of drug-likeness (QED) is 0.818. The average Bonchev–Trinajstić information content (AvgIpc) is 2.80. The number of nitrogens with one attached hydrogen (secondary N) is 1. The zero-order valence-corrected chi connectivity index (χ0v) is 14.6. The lowest BCUT2D eigenvalue weighted by Crippen LogP contribution is -2.47. The van der Waals surface area contributed by atoms with Gasteiger partial charge in [0.25, 0.3) is 0 Å². The molecular formula is C17H22BrNOS. The molecule has 1 aromatic rings. The van der Waals surface area contributed by atoms with Gasteiger partial charge in [0, 0.05) is 11.3 Å². The van der Waals surface area contributed by atoms with E-state index in [0.717, 1.165) is 28.0 Å². The van der Waals surface area contributed by atoms with E-state index in [2.05, 4.69) is 27.3 Å². The molecule has 1 amide bonds. The Morgan fingerprint density at radius 3 is 2.33 bits per heavy atom. The molecule has 0 aliphatic heterocycles. The first-order valence-corrected chi connectivity index (χ1v) is 9.72. The fourth-order valence-corrected chi connectivity index (χ4v) is 6.96. The molecule has 0 saturated heterocycles. The molecule has 0 spiro atoms. The van der Waals surface area contributed by atoms with E-state index in [9.17, 15) is 4.79 Å². The number of hydrogen-bond acceptors (Lipinski definition) is 2. The molecule has 1 N–H and O–H groups in total. The van der Waals surface area contributed by atoms with E-state index in [4.69, 9.17) is 0 Å². The minimum absolute atomic E-state index is 0.265. The number of halogens is 1. The van der Waals surface area contributed by atoms with E-state index in [1.165, 1.54) is 43.4 Å². The van der Waals surface area contributed by atoms with Crippen LogP contribution in [0.15, 0.2) is 15.9 Å². The van der Waals surface area contributed by atoms with Crippen molar-refractivity contribution in [3.63, 3.8) is 0 Å². The first-order valence-electron chi connectivity index (χ1n) is 8.11. The fourth-order valence-electron chi connectivity index (χ4n) is 5.54. The molecule has 4 aliphatic rings. The van der Waals surface area contributed by atoms with Crippen LogP contribution in [-0.2, 0) is 11.3 Å². The lowest BCUT2D eigenvalue weighted by Gasteiger charge is -2.56. The van der Waals surface area contributed by atoms with E-state index < -0.39 is 0 Å². The van der Waals surface area contributed by atoms with Crippen LogP contribution in [0, 0.1) is 23.2 Å². The van der Waals surface area contributed by atoms with Gasteiger partial charge in [-0.1, -0.05) is 0 Å². The predicted octanol–water partition coefficient (Wildman–Crippen LogP) is 4.73. The Hall–Kier alpha value is -0.350. The van der Waals surface area contributed by atoms with Crippen molar-refractivity contribution in [2.24, 2.45) is 23.2 Å². The highest BCUT2D eigenvalue weighted by molar-refractivity contribution is 9.11. The third-order valence-corrected chi connectivity index (χ3v) is 7.41. The van der Waals surface area contributed by atoms with Crippen LogP contribution in [0.5, 0.6) is 0 Å². The maximum Gasteiger partial charge on any atom is 0.220 e. The molecule has 114 valence electrons. The molecule has 0 aromatic carbocycles.